The van der Waals surface area contributed by atoms with Crippen LogP contribution in [0.15, 0.2) is 0 Å². The van der Waals surface area contributed by atoms with E-state index in [2.05, 4.69) is 6.92 Å². The lowest BCUT2D eigenvalue weighted by atomic mass is 10.1. The molecule has 0 aromatic heterocycles. The first kappa shape index (κ1) is 9.21. The van der Waals surface area contributed by atoms with Crippen molar-refractivity contribution in [1.82, 2.24) is 0 Å². The second kappa shape index (κ2) is 4.09. The Kier molecular flexibility index (Phi) is 4.19. The van der Waals surface area contributed by atoms with Gasteiger partial charge in [0, 0.05) is 12.6 Å². The van der Waals surface area contributed by atoms with E-state index in [0.717, 1.165) is 19.4 Å². The summed E-state index contributed by atoms with van der Waals surface area (Å²) in [5.41, 5.74) is 5.65. The van der Waals surface area contributed by atoms with Crippen LogP contribution in [-0.2, 0) is 4.74 Å². The van der Waals surface area contributed by atoms with E-state index in [-0.39, 0.29) is 12.4 Å². The molecule has 0 unspecified atom stereocenters. The van der Waals surface area contributed by atoms with Crippen LogP contribution in [0.2, 0.25) is 0 Å². The molecular formula is C6H14ClNO. The molecule has 2 nitrogen and oxygen atoms in total. The summed E-state index contributed by atoms with van der Waals surface area (Å²) in [6, 6.07) is 0.388. The fraction of sp³-hybridized carbons (Fsp3) is 1.00. The largest absolute Gasteiger partial charge is 0.378 e. The number of halogens is 1. The molecule has 1 fully saturated rings. The molecule has 2 N–H and O–H groups in total. The predicted molar refractivity (Wildman–Crippen MR) is 39.9 cm³/mol. The van der Waals surface area contributed by atoms with Crippen molar-refractivity contribution in [3.05, 3.63) is 0 Å². The molecule has 0 saturated carbocycles. The number of hydrogen-bond donors (Lipinski definition) is 1. The first-order valence-corrected chi connectivity index (χ1v) is 3.16. The molecule has 0 spiro atoms. The Labute approximate surface area is 62.2 Å². The second-order valence-electron chi connectivity index (χ2n) is 2.47. The van der Waals surface area contributed by atoms with Crippen molar-refractivity contribution in [3.63, 3.8) is 0 Å². The van der Waals surface area contributed by atoms with Gasteiger partial charge in [-0.15, -0.1) is 12.4 Å². The van der Waals surface area contributed by atoms with Gasteiger partial charge in [0.2, 0.25) is 0 Å². The molecule has 0 aromatic carbocycles. The summed E-state index contributed by atoms with van der Waals surface area (Å²) in [5.74, 6) is 0. The van der Waals surface area contributed by atoms with Crippen molar-refractivity contribution >= 4 is 12.4 Å². The average molecular weight is 152 g/mol. The van der Waals surface area contributed by atoms with Crippen LogP contribution in [0.5, 0.6) is 0 Å². The highest BCUT2D eigenvalue weighted by Crippen LogP contribution is 2.10. The minimum Gasteiger partial charge on any atom is -0.378 e. The molecule has 0 radical (unpaired) electrons. The van der Waals surface area contributed by atoms with E-state index in [9.17, 15) is 0 Å². The smallest absolute Gasteiger partial charge is 0.0561 e. The summed E-state index contributed by atoms with van der Waals surface area (Å²) in [7, 11) is 0. The third kappa shape index (κ3) is 3.04. The van der Waals surface area contributed by atoms with Gasteiger partial charge in [-0.1, -0.05) is 0 Å². The van der Waals surface area contributed by atoms with Crippen LogP contribution in [0.1, 0.15) is 19.8 Å². The lowest BCUT2D eigenvalue weighted by Gasteiger charge is -2.23. The van der Waals surface area contributed by atoms with E-state index >= 15 is 0 Å². The maximum atomic E-state index is 5.65. The van der Waals surface area contributed by atoms with Gasteiger partial charge in [-0.05, 0) is 19.8 Å². The molecular weight excluding hydrogens is 138 g/mol. The van der Waals surface area contributed by atoms with Gasteiger partial charge < -0.3 is 10.5 Å². The van der Waals surface area contributed by atoms with Gasteiger partial charge in [0.25, 0.3) is 0 Å². The molecule has 2 atom stereocenters. The van der Waals surface area contributed by atoms with Crippen molar-refractivity contribution < 1.29 is 4.74 Å². The molecule has 1 rings (SSSR count). The Bertz CT molecular complexity index is 71.5. The zero-order valence-corrected chi connectivity index (χ0v) is 6.49. The van der Waals surface area contributed by atoms with E-state index in [1.807, 2.05) is 0 Å². The van der Waals surface area contributed by atoms with Crippen molar-refractivity contribution in [3.8, 4) is 0 Å². The van der Waals surface area contributed by atoms with E-state index in [4.69, 9.17) is 10.5 Å². The van der Waals surface area contributed by atoms with E-state index < -0.39 is 0 Å². The highest BCUT2D eigenvalue weighted by molar-refractivity contribution is 5.85. The van der Waals surface area contributed by atoms with Crippen LogP contribution in [0.25, 0.3) is 0 Å². The average Bonchev–Trinajstić information content (AvgIpc) is 1.64. The fourth-order valence-electron chi connectivity index (χ4n) is 1.03. The Morgan fingerprint density at radius 3 is 2.56 bits per heavy atom. The Morgan fingerprint density at radius 1 is 1.56 bits per heavy atom. The summed E-state index contributed by atoms with van der Waals surface area (Å²) in [6.45, 7) is 2.92. The minimum absolute atomic E-state index is 0. The lowest BCUT2D eigenvalue weighted by Crippen LogP contribution is -2.32. The van der Waals surface area contributed by atoms with Gasteiger partial charge in [0.1, 0.15) is 0 Å². The quantitative estimate of drug-likeness (QED) is 0.559. The van der Waals surface area contributed by atoms with Crippen LogP contribution in [0.3, 0.4) is 0 Å². The van der Waals surface area contributed by atoms with Crippen LogP contribution >= 0.6 is 12.4 Å². The predicted octanol–water partition coefficient (Wildman–Crippen LogP) is 0.934. The van der Waals surface area contributed by atoms with E-state index in [0.29, 0.717) is 12.1 Å². The van der Waals surface area contributed by atoms with E-state index in [1.165, 1.54) is 0 Å². The van der Waals surface area contributed by atoms with Gasteiger partial charge in [0.05, 0.1) is 6.10 Å². The molecule has 56 valence electrons. The third-order valence-electron chi connectivity index (χ3n) is 1.53. The number of hydrogen-bond acceptors (Lipinski definition) is 2. The highest BCUT2D eigenvalue weighted by atomic mass is 35.5. The Balaban J connectivity index is 0.000000640. The first-order chi connectivity index (χ1) is 3.79. The molecule has 1 aliphatic heterocycles. The summed E-state index contributed by atoms with van der Waals surface area (Å²) in [5, 5.41) is 0. The summed E-state index contributed by atoms with van der Waals surface area (Å²) in [6.07, 6.45) is 2.45. The van der Waals surface area contributed by atoms with Gasteiger partial charge in [-0.25, -0.2) is 0 Å². The normalized spacial score (nSPS) is 35.3. The molecule has 1 heterocycles. The van der Waals surface area contributed by atoms with Crippen molar-refractivity contribution in [2.45, 2.75) is 31.9 Å². The third-order valence-corrected chi connectivity index (χ3v) is 1.53. The molecule has 0 amide bonds. The van der Waals surface area contributed by atoms with Crippen LogP contribution in [0.4, 0.5) is 0 Å². The van der Waals surface area contributed by atoms with Crippen molar-refractivity contribution in [1.29, 1.82) is 0 Å². The zero-order chi connectivity index (χ0) is 5.98. The minimum atomic E-state index is 0. The van der Waals surface area contributed by atoms with Gasteiger partial charge in [-0.3, -0.25) is 0 Å². The summed E-state index contributed by atoms with van der Waals surface area (Å²) in [4.78, 5) is 0. The highest BCUT2D eigenvalue weighted by Gasteiger charge is 2.14. The summed E-state index contributed by atoms with van der Waals surface area (Å²) < 4.78 is 5.27. The number of nitrogens with two attached hydrogens (primary N) is 1. The fourth-order valence-corrected chi connectivity index (χ4v) is 1.03. The first-order valence-electron chi connectivity index (χ1n) is 3.16. The molecule has 0 aliphatic carbocycles. The van der Waals surface area contributed by atoms with Crippen LogP contribution < -0.4 is 5.73 Å². The maximum Gasteiger partial charge on any atom is 0.0561 e. The number of ether oxygens (including phenoxy) is 1. The Hall–Kier alpha value is 0.210. The Morgan fingerprint density at radius 2 is 2.22 bits per heavy atom. The SMILES string of the molecule is C[C@@H]1C[C@@H](N)CCO1.Cl. The lowest BCUT2D eigenvalue weighted by molar-refractivity contribution is 0.0200. The molecule has 0 aromatic rings. The van der Waals surface area contributed by atoms with Crippen molar-refractivity contribution in [2.24, 2.45) is 5.73 Å². The zero-order valence-electron chi connectivity index (χ0n) is 5.67. The van der Waals surface area contributed by atoms with Crippen molar-refractivity contribution in [2.75, 3.05) is 6.61 Å². The van der Waals surface area contributed by atoms with Gasteiger partial charge >= 0.3 is 0 Å². The monoisotopic (exact) mass is 151 g/mol. The topological polar surface area (TPSA) is 35.2 Å². The van der Waals surface area contributed by atoms with Crippen LogP contribution in [0, 0.1) is 0 Å². The molecule has 9 heavy (non-hydrogen) atoms. The number of rotatable bonds is 0. The second-order valence-corrected chi connectivity index (χ2v) is 2.47. The van der Waals surface area contributed by atoms with Gasteiger partial charge in [-0.2, -0.15) is 0 Å². The summed E-state index contributed by atoms with van der Waals surface area (Å²) >= 11 is 0. The molecule has 0 bridgehead atoms. The maximum absolute atomic E-state index is 5.65. The molecule has 1 aliphatic rings. The molecule has 3 heteroatoms. The van der Waals surface area contributed by atoms with E-state index in [1.54, 1.807) is 0 Å². The standard InChI is InChI=1S/C6H13NO.ClH/c1-5-4-6(7)2-3-8-5;/h5-6H,2-4,7H2,1H3;1H/t5-,6+;/m1./s1. The van der Waals surface area contributed by atoms with Crippen LogP contribution in [-0.4, -0.2) is 18.8 Å². The van der Waals surface area contributed by atoms with Gasteiger partial charge in [0.15, 0.2) is 0 Å². The molecule has 1 saturated heterocycles.